The first kappa shape index (κ1) is 15.8. The molecule has 1 heterocycles. The van der Waals surface area contributed by atoms with Crippen molar-refractivity contribution in [1.82, 2.24) is 14.7 Å². The van der Waals surface area contributed by atoms with Crippen LogP contribution >= 0.6 is 11.6 Å². The molecule has 0 bridgehead atoms. The van der Waals surface area contributed by atoms with Gasteiger partial charge in [-0.2, -0.15) is 0 Å². The van der Waals surface area contributed by atoms with Crippen LogP contribution in [-0.2, 0) is 23.2 Å². The van der Waals surface area contributed by atoms with Crippen LogP contribution in [0.15, 0.2) is 35.4 Å². The molecule has 0 amide bonds. The first-order chi connectivity index (χ1) is 9.92. The number of halogens is 1. The second-order valence-corrected chi connectivity index (χ2v) is 6.51. The number of nitrogens with one attached hydrogen (secondary N) is 1. The van der Waals surface area contributed by atoms with Crippen LogP contribution in [0.5, 0.6) is 0 Å². The van der Waals surface area contributed by atoms with Gasteiger partial charge in [0, 0.05) is 11.2 Å². The third-order valence-electron chi connectivity index (χ3n) is 2.78. The van der Waals surface area contributed by atoms with Crippen LogP contribution in [0.2, 0.25) is 5.02 Å². The molecule has 0 atom stereocenters. The SMILES string of the molecule is Cc1nccc(CNS(=O)(=O)c2ccc(CO)c(Cl)c2)n1. The molecule has 0 aliphatic rings. The Balaban J connectivity index is 2.17. The van der Waals surface area contributed by atoms with E-state index < -0.39 is 10.0 Å². The molecule has 2 N–H and O–H groups in total. The van der Waals surface area contributed by atoms with Crippen molar-refractivity contribution in [2.45, 2.75) is 25.0 Å². The van der Waals surface area contributed by atoms with Crippen LogP contribution in [0, 0.1) is 6.92 Å². The van der Waals surface area contributed by atoms with Gasteiger partial charge in [0.1, 0.15) is 5.82 Å². The molecule has 0 aliphatic heterocycles. The number of benzene rings is 1. The summed E-state index contributed by atoms with van der Waals surface area (Å²) in [6.45, 7) is 1.54. The third kappa shape index (κ3) is 3.98. The highest BCUT2D eigenvalue weighted by Crippen LogP contribution is 2.20. The molecule has 0 radical (unpaired) electrons. The van der Waals surface area contributed by atoms with Crippen molar-refractivity contribution < 1.29 is 13.5 Å². The average molecular weight is 328 g/mol. The number of hydrogen-bond acceptors (Lipinski definition) is 5. The third-order valence-corrected chi connectivity index (χ3v) is 4.53. The van der Waals surface area contributed by atoms with Gasteiger partial charge in [0.2, 0.25) is 10.0 Å². The van der Waals surface area contributed by atoms with E-state index in [2.05, 4.69) is 14.7 Å². The summed E-state index contributed by atoms with van der Waals surface area (Å²) in [5, 5.41) is 9.23. The van der Waals surface area contributed by atoms with Gasteiger partial charge in [0.15, 0.2) is 0 Å². The predicted octanol–water partition coefficient (Wildman–Crippen LogP) is 1.41. The smallest absolute Gasteiger partial charge is 0.240 e. The molecule has 1 aromatic heterocycles. The lowest BCUT2D eigenvalue weighted by atomic mass is 10.2. The van der Waals surface area contributed by atoms with E-state index in [0.717, 1.165) is 0 Å². The first-order valence-corrected chi connectivity index (χ1v) is 7.96. The molecule has 0 fully saturated rings. The molecule has 0 saturated carbocycles. The second-order valence-electron chi connectivity index (χ2n) is 4.33. The Morgan fingerprint density at radius 3 is 2.71 bits per heavy atom. The summed E-state index contributed by atoms with van der Waals surface area (Å²) in [7, 11) is -3.70. The molecule has 0 unspecified atom stereocenters. The van der Waals surface area contributed by atoms with E-state index in [1.54, 1.807) is 19.2 Å². The van der Waals surface area contributed by atoms with E-state index >= 15 is 0 Å². The number of rotatable bonds is 5. The minimum absolute atomic E-state index is 0.0375. The normalized spacial score (nSPS) is 11.6. The molecule has 0 saturated heterocycles. The quantitative estimate of drug-likeness (QED) is 0.866. The van der Waals surface area contributed by atoms with Crippen LogP contribution in [0.3, 0.4) is 0 Å². The predicted molar refractivity (Wildman–Crippen MR) is 78.2 cm³/mol. The van der Waals surface area contributed by atoms with Crippen LogP contribution in [0.1, 0.15) is 17.1 Å². The molecule has 2 rings (SSSR count). The van der Waals surface area contributed by atoms with Crippen molar-refractivity contribution >= 4 is 21.6 Å². The van der Waals surface area contributed by atoms with Gasteiger partial charge in [-0.15, -0.1) is 0 Å². The molecule has 0 aliphatic carbocycles. The Bertz CT molecular complexity index is 750. The lowest BCUT2D eigenvalue weighted by Crippen LogP contribution is -2.24. The van der Waals surface area contributed by atoms with Gasteiger partial charge in [0.25, 0.3) is 0 Å². The van der Waals surface area contributed by atoms with Crippen molar-refractivity contribution in [1.29, 1.82) is 0 Å². The van der Waals surface area contributed by atoms with Gasteiger partial charge in [-0.25, -0.2) is 23.1 Å². The van der Waals surface area contributed by atoms with E-state index in [1.165, 1.54) is 18.2 Å². The lowest BCUT2D eigenvalue weighted by molar-refractivity contribution is 0.282. The molecule has 112 valence electrons. The zero-order valence-corrected chi connectivity index (χ0v) is 12.8. The number of aliphatic hydroxyl groups is 1. The molecular formula is C13H14ClN3O3S. The number of hydrogen-bond donors (Lipinski definition) is 2. The summed E-state index contributed by atoms with van der Waals surface area (Å²) >= 11 is 5.90. The Hall–Kier alpha value is -1.54. The fourth-order valence-electron chi connectivity index (χ4n) is 1.68. The topological polar surface area (TPSA) is 92.2 Å². The minimum Gasteiger partial charge on any atom is -0.392 e. The number of aryl methyl sites for hydroxylation is 1. The zero-order chi connectivity index (χ0) is 15.5. The second kappa shape index (κ2) is 6.48. The maximum atomic E-state index is 12.2. The summed E-state index contributed by atoms with van der Waals surface area (Å²) in [6, 6.07) is 5.81. The summed E-state index contributed by atoms with van der Waals surface area (Å²) < 4.78 is 26.8. The Morgan fingerprint density at radius 2 is 2.10 bits per heavy atom. The first-order valence-electron chi connectivity index (χ1n) is 6.10. The fourth-order valence-corrected chi connectivity index (χ4v) is 3.01. The maximum absolute atomic E-state index is 12.2. The Kier molecular flexibility index (Phi) is 4.89. The Morgan fingerprint density at radius 1 is 1.33 bits per heavy atom. The fraction of sp³-hybridized carbons (Fsp3) is 0.231. The van der Waals surface area contributed by atoms with E-state index in [-0.39, 0.29) is 23.1 Å². The zero-order valence-electron chi connectivity index (χ0n) is 11.2. The molecule has 2 aromatic rings. The molecule has 1 aromatic carbocycles. The monoisotopic (exact) mass is 327 g/mol. The maximum Gasteiger partial charge on any atom is 0.240 e. The van der Waals surface area contributed by atoms with Crippen LogP contribution in [0.4, 0.5) is 0 Å². The molecule has 8 heteroatoms. The highest BCUT2D eigenvalue weighted by molar-refractivity contribution is 7.89. The number of aromatic nitrogens is 2. The highest BCUT2D eigenvalue weighted by Gasteiger charge is 2.15. The van der Waals surface area contributed by atoms with Crippen molar-refractivity contribution in [2.24, 2.45) is 0 Å². The summed E-state index contributed by atoms with van der Waals surface area (Å²) in [5.74, 6) is 0.571. The number of aliphatic hydroxyl groups excluding tert-OH is 1. The lowest BCUT2D eigenvalue weighted by Gasteiger charge is -2.08. The van der Waals surface area contributed by atoms with Crippen molar-refractivity contribution in [3.05, 3.63) is 52.6 Å². The van der Waals surface area contributed by atoms with Gasteiger partial charge >= 0.3 is 0 Å². The minimum atomic E-state index is -3.70. The van der Waals surface area contributed by atoms with E-state index in [1.807, 2.05) is 0 Å². The van der Waals surface area contributed by atoms with E-state index in [9.17, 15) is 8.42 Å². The summed E-state index contributed by atoms with van der Waals surface area (Å²) in [6.07, 6.45) is 1.57. The van der Waals surface area contributed by atoms with Gasteiger partial charge < -0.3 is 5.11 Å². The van der Waals surface area contributed by atoms with Gasteiger partial charge in [0.05, 0.1) is 23.7 Å². The molecule has 6 nitrogen and oxygen atoms in total. The van der Waals surface area contributed by atoms with Crippen molar-refractivity contribution in [2.75, 3.05) is 0 Å². The summed E-state index contributed by atoms with van der Waals surface area (Å²) in [5.41, 5.74) is 1.05. The van der Waals surface area contributed by atoms with Gasteiger partial charge in [-0.05, 0) is 30.7 Å². The number of sulfonamides is 1. The van der Waals surface area contributed by atoms with E-state index in [4.69, 9.17) is 16.7 Å². The molecule has 0 spiro atoms. The Labute approximate surface area is 127 Å². The standard InChI is InChI=1S/C13H14ClN3O3S/c1-9-15-5-4-11(17-9)7-16-21(19,20)12-3-2-10(8-18)13(14)6-12/h2-6,16,18H,7-8H2,1H3. The van der Waals surface area contributed by atoms with Crippen LogP contribution in [-0.4, -0.2) is 23.5 Å². The van der Waals surface area contributed by atoms with Gasteiger partial charge in [-0.3, -0.25) is 0 Å². The largest absolute Gasteiger partial charge is 0.392 e. The highest BCUT2D eigenvalue weighted by atomic mass is 35.5. The molecule has 21 heavy (non-hydrogen) atoms. The average Bonchev–Trinajstić information content (AvgIpc) is 2.45. The summed E-state index contributed by atoms with van der Waals surface area (Å²) in [4.78, 5) is 8.10. The number of nitrogens with zero attached hydrogens (tertiary/aromatic N) is 2. The van der Waals surface area contributed by atoms with Gasteiger partial charge in [-0.1, -0.05) is 17.7 Å². The van der Waals surface area contributed by atoms with Crippen molar-refractivity contribution in [3.8, 4) is 0 Å². The van der Waals surface area contributed by atoms with Crippen LogP contribution in [0.25, 0.3) is 0 Å². The van der Waals surface area contributed by atoms with E-state index in [0.29, 0.717) is 17.1 Å². The molecular weight excluding hydrogens is 314 g/mol. The van der Waals surface area contributed by atoms with Crippen LogP contribution < -0.4 is 4.72 Å². The van der Waals surface area contributed by atoms with Crippen molar-refractivity contribution in [3.63, 3.8) is 0 Å².